The number of aromatic nitrogens is 1. The van der Waals surface area contributed by atoms with Gasteiger partial charge in [-0.05, 0) is 24.8 Å². The molecule has 0 fully saturated rings. The van der Waals surface area contributed by atoms with Crippen LogP contribution in [0.3, 0.4) is 0 Å². The van der Waals surface area contributed by atoms with Crippen LogP contribution in [0.15, 0.2) is 24.3 Å². The number of aryl methyl sites for hydroxylation is 1. The van der Waals surface area contributed by atoms with Crippen LogP contribution in [-0.4, -0.2) is 4.98 Å². The predicted molar refractivity (Wildman–Crippen MR) is 78.8 cm³/mol. The quantitative estimate of drug-likeness (QED) is 0.648. The van der Waals surface area contributed by atoms with Crippen LogP contribution in [0, 0.1) is 6.92 Å². The highest BCUT2D eigenvalue weighted by atomic mass is 32.1. The molecule has 0 spiro atoms. The molecular weight excluding hydrogens is 242 g/mol. The van der Waals surface area contributed by atoms with Crippen molar-refractivity contribution >= 4 is 16.5 Å². The molecule has 0 aliphatic heterocycles. The second kappa shape index (κ2) is 5.50. The van der Waals surface area contributed by atoms with Crippen molar-refractivity contribution in [2.45, 2.75) is 33.1 Å². The first-order chi connectivity index (χ1) is 8.65. The Balaban J connectivity index is 2.31. The molecule has 0 aliphatic rings. The lowest BCUT2D eigenvalue weighted by atomic mass is 9.97. The highest BCUT2D eigenvalue weighted by Crippen LogP contribution is 2.31. The fourth-order valence-electron chi connectivity index (χ4n) is 1.93. The number of hydrogen-bond donors (Lipinski definition) is 2. The summed E-state index contributed by atoms with van der Waals surface area (Å²) in [4.78, 5) is 5.66. The van der Waals surface area contributed by atoms with Crippen molar-refractivity contribution in [2.75, 3.05) is 5.43 Å². The Morgan fingerprint density at radius 3 is 2.50 bits per heavy atom. The van der Waals surface area contributed by atoms with Crippen LogP contribution < -0.4 is 11.3 Å². The Kier molecular flexibility index (Phi) is 3.99. The number of hydrogen-bond acceptors (Lipinski definition) is 4. The fraction of sp³-hybridized carbons (Fsp3) is 0.357. The average Bonchev–Trinajstić information content (AvgIpc) is 2.79. The number of nitrogen functional groups attached to an aromatic ring is 1. The molecule has 1 unspecified atom stereocenters. The van der Waals surface area contributed by atoms with Crippen LogP contribution in [0.1, 0.15) is 36.6 Å². The number of nitrogens with one attached hydrogen (secondary N) is 1. The molecule has 0 radical (unpaired) electrons. The number of nitrogens with two attached hydrogens (primary N) is 1. The molecule has 2 rings (SSSR count). The molecule has 1 aromatic carbocycles. The van der Waals surface area contributed by atoms with Crippen molar-refractivity contribution in [3.8, 4) is 11.3 Å². The molecule has 4 heteroatoms. The molecular formula is C14H19N3S. The molecule has 0 aliphatic carbocycles. The minimum absolute atomic E-state index is 0.608. The van der Waals surface area contributed by atoms with Gasteiger partial charge in [0, 0.05) is 10.4 Å². The van der Waals surface area contributed by atoms with Crippen LogP contribution >= 0.6 is 11.3 Å². The van der Waals surface area contributed by atoms with Crippen molar-refractivity contribution in [3.05, 3.63) is 34.7 Å². The molecule has 3 nitrogen and oxygen atoms in total. The van der Waals surface area contributed by atoms with E-state index >= 15 is 0 Å². The number of thiazole rings is 1. The van der Waals surface area contributed by atoms with Gasteiger partial charge in [-0.15, -0.1) is 11.3 Å². The third-order valence-corrected chi connectivity index (χ3v) is 4.19. The minimum atomic E-state index is 0.608. The number of nitrogens with zero attached hydrogens (tertiary/aromatic N) is 1. The van der Waals surface area contributed by atoms with Crippen LogP contribution in [0.4, 0.5) is 5.13 Å². The second-order valence-electron chi connectivity index (χ2n) is 4.50. The maximum Gasteiger partial charge on any atom is 0.197 e. The molecule has 0 saturated carbocycles. The van der Waals surface area contributed by atoms with Gasteiger partial charge in [0.25, 0.3) is 0 Å². The van der Waals surface area contributed by atoms with E-state index in [1.165, 1.54) is 10.4 Å². The van der Waals surface area contributed by atoms with Gasteiger partial charge in [-0.25, -0.2) is 10.8 Å². The normalized spacial score (nSPS) is 12.4. The summed E-state index contributed by atoms with van der Waals surface area (Å²) in [5.41, 5.74) is 6.15. The van der Waals surface area contributed by atoms with Gasteiger partial charge in [-0.3, -0.25) is 5.43 Å². The van der Waals surface area contributed by atoms with Crippen molar-refractivity contribution in [2.24, 2.45) is 5.84 Å². The summed E-state index contributed by atoms with van der Waals surface area (Å²) in [6, 6.07) is 8.67. The van der Waals surface area contributed by atoms with E-state index in [1.807, 2.05) is 0 Å². The largest absolute Gasteiger partial charge is 0.300 e. The molecule has 0 bridgehead atoms. The first kappa shape index (κ1) is 13.1. The van der Waals surface area contributed by atoms with Gasteiger partial charge in [0.05, 0.1) is 5.69 Å². The second-order valence-corrected chi connectivity index (χ2v) is 5.70. The Morgan fingerprint density at radius 2 is 2.00 bits per heavy atom. The summed E-state index contributed by atoms with van der Waals surface area (Å²) in [5, 5.41) is 0.758. The van der Waals surface area contributed by atoms with E-state index in [2.05, 4.69) is 55.4 Å². The van der Waals surface area contributed by atoms with Gasteiger partial charge in [-0.1, -0.05) is 38.1 Å². The fourth-order valence-corrected chi connectivity index (χ4v) is 2.68. The van der Waals surface area contributed by atoms with E-state index in [1.54, 1.807) is 11.3 Å². The maximum atomic E-state index is 5.39. The highest BCUT2D eigenvalue weighted by molar-refractivity contribution is 7.15. The van der Waals surface area contributed by atoms with Gasteiger partial charge >= 0.3 is 0 Å². The van der Waals surface area contributed by atoms with Crippen LogP contribution in [0.25, 0.3) is 11.3 Å². The lowest BCUT2D eigenvalue weighted by molar-refractivity contribution is 0.734. The lowest BCUT2D eigenvalue weighted by Gasteiger charge is -2.09. The van der Waals surface area contributed by atoms with Gasteiger partial charge in [-0.2, -0.15) is 0 Å². The molecule has 0 amide bonds. The number of anilines is 1. The van der Waals surface area contributed by atoms with Crippen LogP contribution in [0.5, 0.6) is 0 Å². The number of hydrazine groups is 1. The van der Waals surface area contributed by atoms with Crippen LogP contribution in [-0.2, 0) is 0 Å². The summed E-state index contributed by atoms with van der Waals surface area (Å²) in [6.45, 7) is 6.53. The Morgan fingerprint density at radius 1 is 1.33 bits per heavy atom. The minimum Gasteiger partial charge on any atom is -0.300 e. The number of benzene rings is 1. The Labute approximate surface area is 112 Å². The molecule has 1 aromatic heterocycles. The van der Waals surface area contributed by atoms with Gasteiger partial charge < -0.3 is 0 Å². The van der Waals surface area contributed by atoms with E-state index in [-0.39, 0.29) is 0 Å². The van der Waals surface area contributed by atoms with Gasteiger partial charge in [0.2, 0.25) is 0 Å². The van der Waals surface area contributed by atoms with Gasteiger partial charge in [0.15, 0.2) is 5.13 Å². The molecule has 1 heterocycles. The first-order valence-corrected chi connectivity index (χ1v) is 7.01. The van der Waals surface area contributed by atoms with Crippen molar-refractivity contribution in [3.63, 3.8) is 0 Å². The van der Waals surface area contributed by atoms with Crippen molar-refractivity contribution in [1.29, 1.82) is 0 Å². The third kappa shape index (κ3) is 2.54. The Bertz CT molecular complexity index is 516. The molecule has 96 valence electrons. The monoisotopic (exact) mass is 261 g/mol. The molecule has 3 N–H and O–H groups in total. The topological polar surface area (TPSA) is 50.9 Å². The summed E-state index contributed by atoms with van der Waals surface area (Å²) in [5.74, 6) is 6.00. The summed E-state index contributed by atoms with van der Waals surface area (Å²) >= 11 is 1.58. The van der Waals surface area contributed by atoms with Crippen molar-refractivity contribution in [1.82, 2.24) is 4.98 Å². The van der Waals surface area contributed by atoms with E-state index in [4.69, 9.17) is 5.84 Å². The smallest absolute Gasteiger partial charge is 0.197 e. The van der Waals surface area contributed by atoms with E-state index < -0.39 is 0 Å². The predicted octanol–water partition coefficient (Wildman–Crippen LogP) is 3.92. The molecule has 1 atom stereocenters. The van der Waals surface area contributed by atoms with Crippen LogP contribution in [0.2, 0.25) is 0 Å². The molecule has 2 aromatic rings. The summed E-state index contributed by atoms with van der Waals surface area (Å²) in [7, 11) is 0. The summed E-state index contributed by atoms with van der Waals surface area (Å²) < 4.78 is 0. The molecule has 18 heavy (non-hydrogen) atoms. The zero-order chi connectivity index (χ0) is 13.1. The van der Waals surface area contributed by atoms with E-state index in [0.717, 1.165) is 22.8 Å². The lowest BCUT2D eigenvalue weighted by Crippen LogP contribution is -2.05. The first-order valence-electron chi connectivity index (χ1n) is 6.20. The summed E-state index contributed by atoms with van der Waals surface area (Å²) in [6.07, 6.45) is 1.16. The van der Waals surface area contributed by atoms with Gasteiger partial charge in [0.1, 0.15) is 0 Å². The average molecular weight is 261 g/mol. The zero-order valence-corrected chi connectivity index (χ0v) is 11.8. The Hall–Kier alpha value is -1.39. The molecule has 0 saturated heterocycles. The maximum absolute atomic E-state index is 5.39. The third-order valence-electron chi connectivity index (χ3n) is 3.29. The zero-order valence-electron chi connectivity index (χ0n) is 11.0. The highest BCUT2D eigenvalue weighted by Gasteiger charge is 2.10. The SMILES string of the molecule is CCC(C)c1ccc(-c2nc(NN)sc2C)cc1. The van der Waals surface area contributed by atoms with E-state index in [0.29, 0.717) is 5.92 Å². The van der Waals surface area contributed by atoms with Crippen molar-refractivity contribution < 1.29 is 0 Å². The standard InChI is InChI=1S/C14H19N3S/c1-4-9(2)11-5-7-12(8-6-11)13-10(3)18-14(16-13)17-15/h5-9H,4,15H2,1-3H3,(H,16,17). The number of rotatable bonds is 4. The van der Waals surface area contributed by atoms with E-state index in [9.17, 15) is 0 Å².